The maximum atomic E-state index is 5.71. The highest BCUT2D eigenvalue weighted by Gasteiger charge is 2.17. The molecule has 0 saturated heterocycles. The van der Waals surface area contributed by atoms with Crippen molar-refractivity contribution in [1.29, 1.82) is 0 Å². The molecular formula is C16H23NO. The Morgan fingerprint density at radius 2 is 2.28 bits per heavy atom. The van der Waals surface area contributed by atoms with Gasteiger partial charge in [-0.05, 0) is 50.4 Å². The Labute approximate surface area is 110 Å². The van der Waals surface area contributed by atoms with Gasteiger partial charge in [-0.3, -0.25) is 0 Å². The molecule has 1 aromatic rings. The summed E-state index contributed by atoms with van der Waals surface area (Å²) in [7, 11) is 2.03. The van der Waals surface area contributed by atoms with Crippen LogP contribution in [0.5, 0.6) is 5.75 Å². The quantitative estimate of drug-likeness (QED) is 0.769. The first kappa shape index (κ1) is 13.2. The second-order valence-electron chi connectivity index (χ2n) is 4.81. The molecule has 1 aliphatic carbocycles. The van der Waals surface area contributed by atoms with Gasteiger partial charge in [0.1, 0.15) is 5.75 Å². The van der Waals surface area contributed by atoms with Gasteiger partial charge in [0.05, 0.1) is 12.6 Å². The summed E-state index contributed by atoms with van der Waals surface area (Å²) in [5.41, 5.74) is 2.82. The zero-order chi connectivity index (χ0) is 12.8. The molecule has 0 heterocycles. The second-order valence-corrected chi connectivity index (χ2v) is 4.81. The standard InChI is InChI=1S/C16H23NO/c1-3-11-18-15-10-6-9-14(12-15)16(17-2)13-7-4-5-8-13/h6-7,9-10,12,16-17H,3-5,8,11H2,1-2H3. The fraction of sp³-hybridized carbons (Fsp3) is 0.500. The molecule has 18 heavy (non-hydrogen) atoms. The Bertz CT molecular complexity index is 411. The van der Waals surface area contributed by atoms with E-state index in [1.807, 2.05) is 13.1 Å². The predicted octanol–water partition coefficient (Wildman–Crippen LogP) is 3.85. The molecule has 1 atom stereocenters. The molecule has 2 heteroatoms. The Kier molecular flexibility index (Phi) is 4.82. The maximum absolute atomic E-state index is 5.71. The molecule has 0 bridgehead atoms. The molecule has 98 valence electrons. The van der Waals surface area contributed by atoms with Gasteiger partial charge in [0.2, 0.25) is 0 Å². The van der Waals surface area contributed by atoms with Crippen LogP contribution in [0.3, 0.4) is 0 Å². The van der Waals surface area contributed by atoms with E-state index >= 15 is 0 Å². The van der Waals surface area contributed by atoms with E-state index in [4.69, 9.17) is 4.74 Å². The lowest BCUT2D eigenvalue weighted by atomic mass is 9.98. The van der Waals surface area contributed by atoms with Crippen molar-refractivity contribution in [2.45, 2.75) is 38.6 Å². The molecule has 1 aromatic carbocycles. The molecule has 0 spiro atoms. The average molecular weight is 245 g/mol. The van der Waals surface area contributed by atoms with E-state index < -0.39 is 0 Å². The second kappa shape index (κ2) is 6.60. The molecule has 1 N–H and O–H groups in total. The molecule has 0 aliphatic heterocycles. The summed E-state index contributed by atoms with van der Waals surface area (Å²) in [6.07, 6.45) is 7.15. The monoisotopic (exact) mass is 245 g/mol. The summed E-state index contributed by atoms with van der Waals surface area (Å²) in [4.78, 5) is 0. The largest absolute Gasteiger partial charge is 0.494 e. The third kappa shape index (κ3) is 3.14. The number of ether oxygens (including phenoxy) is 1. The topological polar surface area (TPSA) is 21.3 Å². The van der Waals surface area contributed by atoms with Gasteiger partial charge < -0.3 is 10.1 Å². The van der Waals surface area contributed by atoms with E-state index in [0.29, 0.717) is 6.04 Å². The van der Waals surface area contributed by atoms with Crippen molar-refractivity contribution in [3.8, 4) is 5.75 Å². The zero-order valence-corrected chi connectivity index (χ0v) is 11.4. The summed E-state index contributed by atoms with van der Waals surface area (Å²) < 4.78 is 5.71. The highest BCUT2D eigenvalue weighted by Crippen LogP contribution is 2.31. The number of nitrogens with one attached hydrogen (secondary N) is 1. The van der Waals surface area contributed by atoms with Gasteiger partial charge in [0.25, 0.3) is 0 Å². The summed E-state index contributed by atoms with van der Waals surface area (Å²) in [6.45, 7) is 2.92. The van der Waals surface area contributed by atoms with Crippen LogP contribution in [0.25, 0.3) is 0 Å². The van der Waals surface area contributed by atoms with Crippen LogP contribution in [0.15, 0.2) is 35.9 Å². The summed E-state index contributed by atoms with van der Waals surface area (Å²) in [5.74, 6) is 0.980. The summed E-state index contributed by atoms with van der Waals surface area (Å²) in [6, 6.07) is 8.81. The lowest BCUT2D eigenvalue weighted by molar-refractivity contribution is 0.317. The molecule has 1 aliphatic rings. The molecule has 0 fully saturated rings. The lowest BCUT2D eigenvalue weighted by Crippen LogP contribution is -2.18. The number of hydrogen-bond acceptors (Lipinski definition) is 2. The highest BCUT2D eigenvalue weighted by atomic mass is 16.5. The van der Waals surface area contributed by atoms with Crippen LogP contribution in [-0.4, -0.2) is 13.7 Å². The minimum absolute atomic E-state index is 0.345. The van der Waals surface area contributed by atoms with Gasteiger partial charge in [-0.2, -0.15) is 0 Å². The SMILES string of the molecule is CCCOc1cccc(C(NC)C2=CCCC2)c1. The minimum Gasteiger partial charge on any atom is -0.494 e. The Morgan fingerprint density at radius 1 is 1.39 bits per heavy atom. The number of benzene rings is 1. The van der Waals surface area contributed by atoms with Crippen LogP contribution < -0.4 is 10.1 Å². The molecule has 2 nitrogen and oxygen atoms in total. The lowest BCUT2D eigenvalue weighted by Gasteiger charge is -2.19. The Hall–Kier alpha value is -1.28. The van der Waals surface area contributed by atoms with Gasteiger partial charge in [-0.25, -0.2) is 0 Å². The summed E-state index contributed by atoms with van der Waals surface area (Å²) in [5, 5.41) is 3.42. The third-order valence-electron chi connectivity index (χ3n) is 3.40. The van der Waals surface area contributed by atoms with Crippen LogP contribution >= 0.6 is 0 Å². The molecule has 2 rings (SSSR count). The van der Waals surface area contributed by atoms with Crippen molar-refractivity contribution in [2.75, 3.05) is 13.7 Å². The molecule has 1 unspecified atom stereocenters. The van der Waals surface area contributed by atoms with Gasteiger partial charge in [-0.15, -0.1) is 0 Å². The molecular weight excluding hydrogens is 222 g/mol. The normalized spacial score (nSPS) is 16.4. The van der Waals surface area contributed by atoms with Crippen molar-refractivity contribution < 1.29 is 4.74 Å². The summed E-state index contributed by atoms with van der Waals surface area (Å²) >= 11 is 0. The number of likely N-dealkylation sites (N-methyl/N-ethyl adjacent to an activating group) is 1. The van der Waals surface area contributed by atoms with Gasteiger partial charge in [0, 0.05) is 0 Å². The molecule has 0 amide bonds. The van der Waals surface area contributed by atoms with Gasteiger partial charge in [0.15, 0.2) is 0 Å². The van der Waals surface area contributed by atoms with Gasteiger partial charge >= 0.3 is 0 Å². The third-order valence-corrected chi connectivity index (χ3v) is 3.40. The molecule has 0 saturated carbocycles. The fourth-order valence-corrected chi connectivity index (χ4v) is 2.53. The zero-order valence-electron chi connectivity index (χ0n) is 11.4. The van der Waals surface area contributed by atoms with Crippen LogP contribution in [-0.2, 0) is 0 Å². The first-order valence-corrected chi connectivity index (χ1v) is 6.94. The first-order valence-electron chi connectivity index (χ1n) is 6.94. The first-order chi connectivity index (χ1) is 8.85. The van der Waals surface area contributed by atoms with Crippen LogP contribution in [0.1, 0.15) is 44.2 Å². The van der Waals surface area contributed by atoms with Crippen molar-refractivity contribution in [2.24, 2.45) is 0 Å². The van der Waals surface area contributed by atoms with E-state index in [1.54, 1.807) is 0 Å². The van der Waals surface area contributed by atoms with Crippen molar-refractivity contribution in [1.82, 2.24) is 5.32 Å². The van der Waals surface area contributed by atoms with E-state index in [0.717, 1.165) is 18.8 Å². The number of allylic oxidation sites excluding steroid dienone is 1. The minimum atomic E-state index is 0.345. The smallest absolute Gasteiger partial charge is 0.119 e. The van der Waals surface area contributed by atoms with Crippen LogP contribution in [0, 0.1) is 0 Å². The van der Waals surface area contributed by atoms with E-state index in [9.17, 15) is 0 Å². The Balaban J connectivity index is 2.14. The molecule has 0 aromatic heterocycles. The highest BCUT2D eigenvalue weighted by molar-refractivity contribution is 5.35. The van der Waals surface area contributed by atoms with Crippen LogP contribution in [0.2, 0.25) is 0 Å². The van der Waals surface area contributed by atoms with E-state index in [-0.39, 0.29) is 0 Å². The van der Waals surface area contributed by atoms with E-state index in [1.165, 1.54) is 30.4 Å². The number of rotatable bonds is 6. The average Bonchev–Trinajstić information content (AvgIpc) is 2.92. The van der Waals surface area contributed by atoms with Crippen LogP contribution in [0.4, 0.5) is 0 Å². The van der Waals surface area contributed by atoms with E-state index in [2.05, 4.69) is 36.5 Å². The number of hydrogen-bond donors (Lipinski definition) is 1. The fourth-order valence-electron chi connectivity index (χ4n) is 2.53. The predicted molar refractivity (Wildman–Crippen MR) is 76.0 cm³/mol. The van der Waals surface area contributed by atoms with Crippen molar-refractivity contribution in [3.63, 3.8) is 0 Å². The van der Waals surface area contributed by atoms with Crippen molar-refractivity contribution in [3.05, 3.63) is 41.5 Å². The Morgan fingerprint density at radius 3 is 2.94 bits per heavy atom. The maximum Gasteiger partial charge on any atom is 0.119 e. The van der Waals surface area contributed by atoms with Crippen molar-refractivity contribution >= 4 is 0 Å². The molecule has 0 radical (unpaired) electrons. The van der Waals surface area contributed by atoms with Gasteiger partial charge in [-0.1, -0.05) is 30.7 Å².